The summed E-state index contributed by atoms with van der Waals surface area (Å²) in [6, 6.07) is 18.0. The third kappa shape index (κ3) is 5.14. The predicted octanol–water partition coefficient (Wildman–Crippen LogP) is 5.35. The smallest absolute Gasteiger partial charge is 0.283 e. The minimum absolute atomic E-state index is 0.0785. The van der Waals surface area contributed by atoms with Gasteiger partial charge in [0, 0.05) is 13.1 Å². The number of rotatable bonds is 6. The lowest BCUT2D eigenvalue weighted by Gasteiger charge is -2.32. The molecule has 0 spiro atoms. The quantitative estimate of drug-likeness (QED) is 0.624. The molecule has 1 aliphatic rings. The highest BCUT2D eigenvalue weighted by Crippen LogP contribution is 2.27. The molecule has 4 heteroatoms. The van der Waals surface area contributed by atoms with Crippen LogP contribution in [-0.2, 0) is 4.79 Å². The molecule has 0 saturated carbocycles. The van der Waals surface area contributed by atoms with Crippen LogP contribution in [0.1, 0.15) is 38.8 Å². The van der Waals surface area contributed by atoms with E-state index in [2.05, 4.69) is 39.5 Å². The third-order valence-electron chi connectivity index (χ3n) is 4.69. The monoisotopic (exact) mass is 389 g/mol. The summed E-state index contributed by atoms with van der Waals surface area (Å²) in [5, 5.41) is 0. The molecule has 0 N–H and O–H groups in total. The summed E-state index contributed by atoms with van der Waals surface area (Å²) in [7, 11) is 0. The Morgan fingerprint density at radius 3 is 2.07 bits per heavy atom. The van der Waals surface area contributed by atoms with Crippen molar-refractivity contribution in [1.82, 2.24) is 4.90 Å². The van der Waals surface area contributed by atoms with Crippen LogP contribution in [0.15, 0.2) is 65.3 Å². The molecule has 0 aliphatic carbocycles. The van der Waals surface area contributed by atoms with E-state index < -0.39 is 0 Å². The van der Waals surface area contributed by atoms with Crippen LogP contribution in [0.25, 0.3) is 6.08 Å². The molecule has 0 fully saturated rings. The van der Waals surface area contributed by atoms with Gasteiger partial charge in [0.15, 0.2) is 0 Å². The molecule has 0 saturated heterocycles. The first-order valence-corrected chi connectivity index (χ1v) is 10.4. The van der Waals surface area contributed by atoms with Gasteiger partial charge in [0.1, 0.15) is 5.70 Å². The Morgan fingerprint density at radius 2 is 1.52 bits per heavy atom. The number of aliphatic imine (C=N–C) groups is 1. The Morgan fingerprint density at radius 1 is 0.931 bits per heavy atom. The number of nitrogens with zero attached hydrogens (tertiary/aromatic N) is 3. The van der Waals surface area contributed by atoms with Crippen molar-refractivity contribution in [3.8, 4) is 0 Å². The van der Waals surface area contributed by atoms with Crippen molar-refractivity contribution < 1.29 is 4.79 Å². The van der Waals surface area contributed by atoms with Crippen LogP contribution < -0.4 is 4.90 Å². The van der Waals surface area contributed by atoms with E-state index in [0.717, 1.165) is 30.3 Å². The summed E-state index contributed by atoms with van der Waals surface area (Å²) in [5.41, 5.74) is 3.47. The number of benzene rings is 2. The van der Waals surface area contributed by atoms with Crippen LogP contribution in [0.4, 0.5) is 5.69 Å². The van der Waals surface area contributed by atoms with Gasteiger partial charge in [0.2, 0.25) is 5.96 Å². The van der Waals surface area contributed by atoms with E-state index in [4.69, 9.17) is 4.99 Å². The number of guanidine groups is 1. The summed E-state index contributed by atoms with van der Waals surface area (Å²) in [6.45, 7) is 12.5. The minimum Gasteiger partial charge on any atom is -0.341 e. The first kappa shape index (κ1) is 20.8. The van der Waals surface area contributed by atoms with E-state index in [1.807, 2.05) is 60.7 Å². The molecule has 0 atom stereocenters. The van der Waals surface area contributed by atoms with E-state index >= 15 is 0 Å². The maximum atomic E-state index is 13.4. The van der Waals surface area contributed by atoms with Gasteiger partial charge in [-0.2, -0.15) is 0 Å². The normalized spacial score (nSPS) is 15.6. The fourth-order valence-corrected chi connectivity index (χ4v) is 3.47. The summed E-state index contributed by atoms with van der Waals surface area (Å²) < 4.78 is 0. The van der Waals surface area contributed by atoms with Crippen LogP contribution in [0, 0.1) is 18.8 Å². The van der Waals surface area contributed by atoms with Crippen molar-refractivity contribution in [2.75, 3.05) is 18.0 Å². The Kier molecular flexibility index (Phi) is 6.53. The second kappa shape index (κ2) is 9.08. The highest BCUT2D eigenvalue weighted by Gasteiger charge is 2.35. The van der Waals surface area contributed by atoms with Crippen molar-refractivity contribution >= 4 is 23.6 Å². The van der Waals surface area contributed by atoms with Crippen LogP contribution in [0.5, 0.6) is 0 Å². The van der Waals surface area contributed by atoms with Gasteiger partial charge in [0.05, 0.1) is 5.69 Å². The zero-order valence-corrected chi connectivity index (χ0v) is 18.1. The standard InChI is InChI=1S/C25H31N3O/c1-18(2)16-27(17-19(3)4)25-26-23(15-21-9-7-6-8-10-21)24(29)28(25)22-13-11-20(5)12-14-22/h6-15,18-19H,16-17H2,1-5H3. The van der Waals surface area contributed by atoms with Crippen molar-refractivity contribution in [3.63, 3.8) is 0 Å². The lowest BCUT2D eigenvalue weighted by atomic mass is 10.1. The average Bonchev–Trinajstić information content (AvgIpc) is 2.98. The number of amides is 1. The number of hydrogen-bond acceptors (Lipinski definition) is 3. The molecule has 2 aromatic carbocycles. The predicted molar refractivity (Wildman–Crippen MR) is 122 cm³/mol. The molecule has 29 heavy (non-hydrogen) atoms. The molecule has 0 aromatic heterocycles. The number of carbonyl (C=O) groups excluding carboxylic acids is 1. The highest BCUT2D eigenvalue weighted by molar-refractivity contribution is 6.28. The maximum Gasteiger partial charge on any atom is 0.283 e. The third-order valence-corrected chi connectivity index (χ3v) is 4.69. The summed E-state index contributed by atoms with van der Waals surface area (Å²) >= 11 is 0. The van der Waals surface area contributed by atoms with E-state index in [1.165, 1.54) is 5.56 Å². The molecular formula is C25H31N3O. The van der Waals surface area contributed by atoms with Gasteiger partial charge < -0.3 is 4.90 Å². The molecule has 2 aromatic rings. The van der Waals surface area contributed by atoms with Gasteiger partial charge in [-0.3, -0.25) is 4.79 Å². The van der Waals surface area contributed by atoms with Crippen molar-refractivity contribution in [2.45, 2.75) is 34.6 Å². The van der Waals surface area contributed by atoms with E-state index in [-0.39, 0.29) is 5.91 Å². The summed E-state index contributed by atoms with van der Waals surface area (Å²) in [5.74, 6) is 1.58. The van der Waals surface area contributed by atoms with Gasteiger partial charge in [-0.15, -0.1) is 0 Å². The van der Waals surface area contributed by atoms with Gasteiger partial charge in [-0.1, -0.05) is 75.7 Å². The lowest BCUT2D eigenvalue weighted by molar-refractivity contribution is -0.113. The first-order chi connectivity index (χ1) is 13.8. The Bertz CT molecular complexity index is 885. The van der Waals surface area contributed by atoms with E-state index in [1.54, 1.807) is 4.90 Å². The Balaban J connectivity index is 2.06. The van der Waals surface area contributed by atoms with Crippen LogP contribution in [0.2, 0.25) is 0 Å². The Hall–Kier alpha value is -2.88. The largest absolute Gasteiger partial charge is 0.341 e. The second-order valence-corrected chi connectivity index (χ2v) is 8.52. The van der Waals surface area contributed by atoms with Crippen molar-refractivity contribution in [1.29, 1.82) is 0 Å². The number of hydrogen-bond donors (Lipinski definition) is 0. The number of anilines is 1. The summed E-state index contributed by atoms with van der Waals surface area (Å²) in [6.07, 6.45) is 1.87. The second-order valence-electron chi connectivity index (χ2n) is 8.52. The van der Waals surface area contributed by atoms with Crippen LogP contribution in [0.3, 0.4) is 0 Å². The molecule has 1 heterocycles. The van der Waals surface area contributed by atoms with E-state index in [9.17, 15) is 4.79 Å². The summed E-state index contributed by atoms with van der Waals surface area (Å²) in [4.78, 5) is 22.2. The molecule has 0 radical (unpaired) electrons. The molecule has 3 rings (SSSR count). The minimum atomic E-state index is -0.0785. The van der Waals surface area contributed by atoms with Gasteiger partial charge >= 0.3 is 0 Å². The molecule has 1 aliphatic heterocycles. The van der Waals surface area contributed by atoms with Crippen LogP contribution >= 0.6 is 0 Å². The van der Waals surface area contributed by atoms with Crippen molar-refractivity contribution in [2.24, 2.45) is 16.8 Å². The fourth-order valence-electron chi connectivity index (χ4n) is 3.47. The van der Waals surface area contributed by atoms with Gasteiger partial charge in [-0.05, 0) is 42.5 Å². The Labute approximate surface area is 174 Å². The van der Waals surface area contributed by atoms with Gasteiger partial charge in [0.25, 0.3) is 5.91 Å². The first-order valence-electron chi connectivity index (χ1n) is 10.4. The average molecular weight is 390 g/mol. The molecule has 1 amide bonds. The lowest BCUT2D eigenvalue weighted by Crippen LogP contribution is -2.47. The molecule has 152 valence electrons. The molecule has 0 bridgehead atoms. The molecule has 4 nitrogen and oxygen atoms in total. The maximum absolute atomic E-state index is 13.4. The van der Waals surface area contributed by atoms with Crippen LogP contribution in [-0.4, -0.2) is 29.9 Å². The van der Waals surface area contributed by atoms with Crippen molar-refractivity contribution in [3.05, 3.63) is 71.4 Å². The topological polar surface area (TPSA) is 35.9 Å². The van der Waals surface area contributed by atoms with Gasteiger partial charge in [-0.25, -0.2) is 9.89 Å². The zero-order valence-electron chi connectivity index (χ0n) is 18.1. The molecular weight excluding hydrogens is 358 g/mol. The highest BCUT2D eigenvalue weighted by atomic mass is 16.2. The molecule has 0 unspecified atom stereocenters. The fraction of sp³-hybridized carbons (Fsp3) is 0.360. The zero-order chi connectivity index (χ0) is 21.0. The SMILES string of the molecule is Cc1ccc(N2C(=O)C(=Cc3ccccc3)N=C2N(CC(C)C)CC(C)C)cc1. The number of aryl methyl sites for hydroxylation is 1. The number of carbonyl (C=O) groups is 1. The van der Waals surface area contributed by atoms with E-state index in [0.29, 0.717) is 17.5 Å².